The van der Waals surface area contributed by atoms with E-state index in [0.717, 1.165) is 39.0 Å². The van der Waals surface area contributed by atoms with Crippen LogP contribution in [-0.2, 0) is 0 Å². The van der Waals surface area contributed by atoms with Crippen LogP contribution in [0.3, 0.4) is 0 Å². The highest BCUT2D eigenvalue weighted by Crippen LogP contribution is 2.38. The highest BCUT2D eigenvalue weighted by Gasteiger charge is 2.25. The molecule has 0 saturated heterocycles. The number of thiophene rings is 1. The molecule has 0 atom stereocenters. The minimum absolute atomic E-state index is 0.287. The molecule has 2 aromatic carbocycles. The summed E-state index contributed by atoms with van der Waals surface area (Å²) in [5, 5.41) is 6.81. The molecule has 2 aromatic heterocycles. The highest BCUT2D eigenvalue weighted by atomic mass is 32.1. The summed E-state index contributed by atoms with van der Waals surface area (Å²) >= 11 is 1.27. The van der Waals surface area contributed by atoms with Gasteiger partial charge in [-0.25, -0.2) is 4.98 Å². The van der Waals surface area contributed by atoms with Crippen molar-refractivity contribution in [1.29, 1.82) is 0 Å². The van der Waals surface area contributed by atoms with Gasteiger partial charge in [0.25, 0.3) is 11.8 Å². The molecule has 0 bridgehead atoms. The van der Waals surface area contributed by atoms with Crippen molar-refractivity contribution in [3.63, 3.8) is 0 Å². The van der Waals surface area contributed by atoms with E-state index in [9.17, 15) is 9.59 Å². The van der Waals surface area contributed by atoms with Crippen LogP contribution in [0, 0.1) is 34.6 Å². The van der Waals surface area contributed by atoms with Crippen LogP contribution in [0.25, 0.3) is 10.2 Å². The number of hydrogen-bond acceptors (Lipinski definition) is 5. The Morgan fingerprint density at radius 2 is 1.50 bits per heavy atom. The van der Waals surface area contributed by atoms with Crippen molar-refractivity contribution >= 4 is 44.7 Å². The van der Waals surface area contributed by atoms with E-state index in [1.165, 1.54) is 18.4 Å². The lowest BCUT2D eigenvalue weighted by Crippen LogP contribution is -2.18. The van der Waals surface area contributed by atoms with E-state index >= 15 is 0 Å². The first-order valence-corrected chi connectivity index (χ1v) is 11.8. The van der Waals surface area contributed by atoms with Crippen LogP contribution >= 0.6 is 11.3 Å². The summed E-state index contributed by atoms with van der Waals surface area (Å²) in [4.78, 5) is 32.5. The van der Waals surface area contributed by atoms with Crippen LogP contribution in [0.2, 0.25) is 0 Å². The summed E-state index contributed by atoms with van der Waals surface area (Å²) in [5.41, 5.74) is 6.51. The maximum Gasteiger partial charge on any atom is 0.267 e. The molecule has 0 spiro atoms. The normalized spacial score (nSPS) is 10.9. The summed E-state index contributed by atoms with van der Waals surface area (Å²) in [7, 11) is 1.52. The molecule has 2 heterocycles. The summed E-state index contributed by atoms with van der Waals surface area (Å²) in [5.74, 6) is -0.179. The standard InChI is InChI=1S/C27H27N3O3S/c1-14-11-16(3)22(17(4)12-14)29-26(32)24-23(21-15(2)13-18(5)28-27(21)34-24)30-25(31)19-9-7-8-10-20(19)33-6/h7-13H,1-6H3,(H,29,32)(H,30,31). The number of aromatic nitrogens is 1. The fraction of sp³-hybridized carbons (Fsp3) is 0.222. The molecule has 0 aliphatic rings. The summed E-state index contributed by atoms with van der Waals surface area (Å²) in [6.45, 7) is 9.84. The first-order valence-electron chi connectivity index (χ1n) is 10.9. The summed E-state index contributed by atoms with van der Waals surface area (Å²) in [6, 6.07) is 13.0. The molecule has 34 heavy (non-hydrogen) atoms. The zero-order valence-corrected chi connectivity index (χ0v) is 20.9. The molecule has 0 aliphatic heterocycles. The SMILES string of the molecule is COc1ccccc1C(=O)Nc1c(C(=O)Nc2c(C)cc(C)cc2C)sc2nc(C)cc(C)c12. The van der Waals surface area contributed by atoms with Crippen LogP contribution in [0.1, 0.15) is 48.0 Å². The number of carbonyl (C=O) groups excluding carboxylic acids is 2. The van der Waals surface area contributed by atoms with Gasteiger partial charge in [0.2, 0.25) is 0 Å². The third-order valence-corrected chi connectivity index (χ3v) is 6.78. The van der Waals surface area contributed by atoms with E-state index < -0.39 is 0 Å². The van der Waals surface area contributed by atoms with E-state index in [-0.39, 0.29) is 11.8 Å². The minimum Gasteiger partial charge on any atom is -0.496 e. The van der Waals surface area contributed by atoms with E-state index in [4.69, 9.17) is 4.74 Å². The topological polar surface area (TPSA) is 80.3 Å². The van der Waals surface area contributed by atoms with Crippen molar-refractivity contribution in [2.45, 2.75) is 34.6 Å². The number of pyridine rings is 1. The van der Waals surface area contributed by atoms with Gasteiger partial charge < -0.3 is 15.4 Å². The Bertz CT molecular complexity index is 1420. The van der Waals surface area contributed by atoms with E-state index in [0.29, 0.717) is 26.7 Å². The van der Waals surface area contributed by atoms with Crippen molar-refractivity contribution in [3.05, 3.63) is 80.9 Å². The van der Waals surface area contributed by atoms with Crippen molar-refractivity contribution in [1.82, 2.24) is 4.98 Å². The zero-order valence-electron chi connectivity index (χ0n) is 20.1. The number of ether oxygens (including phenoxy) is 1. The molecule has 0 unspecified atom stereocenters. The third-order valence-electron chi connectivity index (χ3n) is 5.70. The average molecular weight is 474 g/mol. The number of amides is 2. The Hall–Kier alpha value is -3.71. The van der Waals surface area contributed by atoms with Gasteiger partial charge in [-0.15, -0.1) is 11.3 Å². The number of carbonyl (C=O) groups is 2. The van der Waals surface area contributed by atoms with Crippen LogP contribution in [0.15, 0.2) is 42.5 Å². The fourth-order valence-corrected chi connectivity index (χ4v) is 5.43. The lowest BCUT2D eigenvalue weighted by atomic mass is 10.0. The molecule has 7 heteroatoms. The molecule has 0 aliphatic carbocycles. The minimum atomic E-state index is -0.353. The number of nitrogens with one attached hydrogen (secondary N) is 2. The predicted molar refractivity (Wildman–Crippen MR) is 139 cm³/mol. The second-order valence-electron chi connectivity index (χ2n) is 8.45. The number of para-hydroxylation sites is 1. The van der Waals surface area contributed by atoms with Gasteiger partial charge in [0.1, 0.15) is 15.5 Å². The first-order chi connectivity index (χ1) is 16.2. The van der Waals surface area contributed by atoms with Gasteiger partial charge in [-0.1, -0.05) is 29.8 Å². The Balaban J connectivity index is 1.81. The first kappa shape index (κ1) is 23.4. The predicted octanol–water partition coefficient (Wildman–Crippen LogP) is 6.35. The molecule has 2 amide bonds. The number of rotatable bonds is 5. The van der Waals surface area contributed by atoms with Crippen molar-refractivity contribution in [2.75, 3.05) is 17.7 Å². The molecule has 2 N–H and O–H groups in total. The number of methoxy groups -OCH3 is 1. The molecule has 174 valence electrons. The molecular formula is C27H27N3O3S. The zero-order chi connectivity index (χ0) is 24.6. The van der Waals surface area contributed by atoms with Gasteiger partial charge in [-0.2, -0.15) is 0 Å². The number of fused-ring (bicyclic) bond motifs is 1. The van der Waals surface area contributed by atoms with Crippen molar-refractivity contribution in [3.8, 4) is 5.75 Å². The summed E-state index contributed by atoms with van der Waals surface area (Å²) < 4.78 is 5.36. The van der Waals surface area contributed by atoms with E-state index in [2.05, 4.69) is 15.6 Å². The molecular weight excluding hydrogens is 446 g/mol. The molecule has 6 nitrogen and oxygen atoms in total. The van der Waals surface area contributed by atoms with Crippen LogP contribution in [0.4, 0.5) is 11.4 Å². The van der Waals surface area contributed by atoms with Crippen LogP contribution in [0.5, 0.6) is 5.75 Å². The second-order valence-corrected chi connectivity index (χ2v) is 9.45. The molecule has 4 aromatic rings. The lowest BCUT2D eigenvalue weighted by molar-refractivity contribution is 0.102. The number of nitrogens with zero attached hydrogens (tertiary/aromatic N) is 1. The van der Waals surface area contributed by atoms with Crippen LogP contribution < -0.4 is 15.4 Å². The smallest absolute Gasteiger partial charge is 0.267 e. The molecule has 4 rings (SSSR count). The second kappa shape index (κ2) is 9.27. The van der Waals surface area contributed by atoms with Gasteiger partial charge in [-0.05, 0) is 69.5 Å². The molecule has 0 radical (unpaired) electrons. The fourth-order valence-electron chi connectivity index (χ4n) is 4.28. The summed E-state index contributed by atoms with van der Waals surface area (Å²) in [6.07, 6.45) is 0. The Kier molecular flexibility index (Phi) is 6.39. The number of aryl methyl sites for hydroxylation is 5. The highest BCUT2D eigenvalue weighted by molar-refractivity contribution is 7.21. The van der Waals surface area contributed by atoms with E-state index in [1.54, 1.807) is 24.3 Å². The average Bonchev–Trinajstić information content (AvgIpc) is 3.14. The Morgan fingerprint density at radius 3 is 2.18 bits per heavy atom. The maximum absolute atomic E-state index is 13.5. The maximum atomic E-state index is 13.5. The monoisotopic (exact) mass is 473 g/mol. The van der Waals surface area contributed by atoms with Crippen LogP contribution in [-0.4, -0.2) is 23.9 Å². The quantitative estimate of drug-likeness (QED) is 0.354. The number of anilines is 2. The van der Waals surface area contributed by atoms with E-state index in [1.807, 2.05) is 52.8 Å². The van der Waals surface area contributed by atoms with Gasteiger partial charge >= 0.3 is 0 Å². The Labute approximate surface area is 203 Å². The van der Waals surface area contributed by atoms with Gasteiger partial charge in [0, 0.05) is 16.8 Å². The molecule has 0 saturated carbocycles. The van der Waals surface area contributed by atoms with Crippen molar-refractivity contribution < 1.29 is 14.3 Å². The third kappa shape index (κ3) is 4.39. The van der Waals surface area contributed by atoms with Gasteiger partial charge in [0.15, 0.2) is 0 Å². The van der Waals surface area contributed by atoms with Gasteiger partial charge in [0.05, 0.1) is 18.4 Å². The number of hydrogen-bond donors (Lipinski definition) is 2. The van der Waals surface area contributed by atoms with Crippen molar-refractivity contribution in [2.24, 2.45) is 0 Å². The Morgan fingerprint density at radius 1 is 0.853 bits per heavy atom. The largest absolute Gasteiger partial charge is 0.496 e. The lowest BCUT2D eigenvalue weighted by Gasteiger charge is -2.14. The van der Waals surface area contributed by atoms with Gasteiger partial charge in [-0.3, -0.25) is 9.59 Å². The molecule has 0 fully saturated rings. The number of benzene rings is 2.